The van der Waals surface area contributed by atoms with Crippen molar-refractivity contribution in [3.63, 3.8) is 0 Å². The maximum atomic E-state index is 13.5. The van der Waals surface area contributed by atoms with Crippen LogP contribution in [0.25, 0.3) is 10.4 Å². The predicted molar refractivity (Wildman–Crippen MR) is 140 cm³/mol. The molecule has 1 aliphatic rings. The highest BCUT2D eigenvalue weighted by Gasteiger charge is 2.44. The van der Waals surface area contributed by atoms with Crippen LogP contribution >= 0.6 is 11.3 Å². The number of likely N-dealkylation sites (tertiary alicyclic amines) is 1. The molecule has 0 saturated carbocycles. The molecule has 2 heterocycles. The number of hydrogen-bond acceptors (Lipinski definition) is 7. The van der Waals surface area contributed by atoms with Crippen LogP contribution in [0.2, 0.25) is 0 Å². The molecule has 3 rings (SSSR count). The van der Waals surface area contributed by atoms with E-state index >= 15 is 0 Å². The highest BCUT2D eigenvalue weighted by atomic mass is 32.1. The summed E-state index contributed by atoms with van der Waals surface area (Å²) in [6, 6.07) is 5.97. The third-order valence-electron chi connectivity index (χ3n) is 6.43. The number of aryl methyl sites for hydroxylation is 1. The van der Waals surface area contributed by atoms with E-state index in [4.69, 9.17) is 5.73 Å². The second kappa shape index (κ2) is 11.5. The van der Waals surface area contributed by atoms with E-state index in [0.29, 0.717) is 0 Å². The number of nitrogens with two attached hydrogens (primary N) is 1. The molecule has 1 unspecified atom stereocenters. The average molecular weight is 516 g/mol. The maximum Gasteiger partial charge on any atom is 0.246 e. The van der Waals surface area contributed by atoms with Gasteiger partial charge in [0.15, 0.2) is 0 Å². The summed E-state index contributed by atoms with van der Waals surface area (Å²) < 4.78 is 0. The Kier molecular flexibility index (Phi) is 8.86. The first kappa shape index (κ1) is 27.8. The lowest BCUT2D eigenvalue weighted by Crippen LogP contribution is -2.58. The van der Waals surface area contributed by atoms with Gasteiger partial charge in [-0.25, -0.2) is 4.98 Å². The molecular weight excluding hydrogens is 478 g/mol. The number of rotatable bonds is 8. The van der Waals surface area contributed by atoms with Crippen LogP contribution in [-0.2, 0) is 14.4 Å². The van der Waals surface area contributed by atoms with Gasteiger partial charge in [-0.3, -0.25) is 14.4 Å². The highest BCUT2D eigenvalue weighted by Crippen LogP contribution is 2.29. The van der Waals surface area contributed by atoms with E-state index in [-0.39, 0.29) is 49.7 Å². The Morgan fingerprint density at radius 1 is 1.22 bits per heavy atom. The summed E-state index contributed by atoms with van der Waals surface area (Å²) in [5.41, 5.74) is 9.67. The third-order valence-corrected chi connectivity index (χ3v) is 7.41. The van der Waals surface area contributed by atoms with Crippen LogP contribution in [0.4, 0.5) is 0 Å². The lowest BCUT2D eigenvalue weighted by atomic mass is 9.85. The molecule has 0 bridgehead atoms. The number of aromatic nitrogens is 1. The second-order valence-electron chi connectivity index (χ2n) is 10.4. The molecule has 10 heteroatoms. The maximum absolute atomic E-state index is 13.5. The van der Waals surface area contributed by atoms with Crippen molar-refractivity contribution in [1.29, 1.82) is 0 Å². The van der Waals surface area contributed by atoms with Gasteiger partial charge in [-0.1, -0.05) is 45.0 Å². The Balaban J connectivity index is 1.72. The fourth-order valence-corrected chi connectivity index (χ4v) is 5.19. The van der Waals surface area contributed by atoms with Crippen molar-refractivity contribution < 1.29 is 19.5 Å². The van der Waals surface area contributed by atoms with E-state index in [1.165, 1.54) is 4.90 Å². The molecule has 0 radical (unpaired) electrons. The minimum atomic E-state index is -0.850. The van der Waals surface area contributed by atoms with Gasteiger partial charge in [-0.15, -0.1) is 11.3 Å². The van der Waals surface area contributed by atoms with Crippen molar-refractivity contribution in [3.8, 4) is 10.4 Å². The molecule has 5 N–H and O–H groups in total. The van der Waals surface area contributed by atoms with E-state index < -0.39 is 23.6 Å². The molecule has 1 aliphatic heterocycles. The van der Waals surface area contributed by atoms with E-state index in [0.717, 1.165) is 21.7 Å². The van der Waals surface area contributed by atoms with Gasteiger partial charge >= 0.3 is 0 Å². The van der Waals surface area contributed by atoms with E-state index in [1.807, 2.05) is 64.4 Å². The SMILES string of the molecule is Cc1ncsc1-c1ccc([C@H](C)NC(=O)C2C[C@@H](O)CN2C(=O)[C@@H](NC(=O)CCN)C(C)(C)C)cc1. The summed E-state index contributed by atoms with van der Waals surface area (Å²) in [5, 5.41) is 16.1. The molecule has 2 aromatic rings. The number of benzene rings is 1. The zero-order valence-electron chi connectivity index (χ0n) is 21.6. The first-order chi connectivity index (χ1) is 16.9. The molecule has 1 aromatic carbocycles. The van der Waals surface area contributed by atoms with Crippen LogP contribution < -0.4 is 16.4 Å². The van der Waals surface area contributed by atoms with E-state index in [2.05, 4.69) is 15.6 Å². The number of nitrogens with zero attached hydrogens (tertiary/aromatic N) is 2. The molecule has 1 fully saturated rings. The molecule has 3 amide bonds. The first-order valence-corrected chi connectivity index (χ1v) is 13.1. The van der Waals surface area contributed by atoms with Gasteiger partial charge in [-0.05, 0) is 30.4 Å². The lowest BCUT2D eigenvalue weighted by molar-refractivity contribution is -0.144. The number of amides is 3. The topological polar surface area (TPSA) is 138 Å². The van der Waals surface area contributed by atoms with Crippen molar-refractivity contribution in [1.82, 2.24) is 20.5 Å². The zero-order valence-corrected chi connectivity index (χ0v) is 22.4. The van der Waals surface area contributed by atoms with Crippen LogP contribution in [0.1, 0.15) is 57.8 Å². The lowest BCUT2D eigenvalue weighted by Gasteiger charge is -2.35. The first-order valence-electron chi connectivity index (χ1n) is 12.2. The van der Waals surface area contributed by atoms with Gasteiger partial charge in [-0.2, -0.15) is 0 Å². The number of aliphatic hydroxyl groups is 1. The Morgan fingerprint density at radius 2 is 1.89 bits per heavy atom. The summed E-state index contributed by atoms with van der Waals surface area (Å²) in [7, 11) is 0. The average Bonchev–Trinajstić information content (AvgIpc) is 3.42. The predicted octanol–water partition coefficient (Wildman–Crippen LogP) is 2.14. The van der Waals surface area contributed by atoms with Gasteiger partial charge in [0.25, 0.3) is 0 Å². The van der Waals surface area contributed by atoms with Gasteiger partial charge in [0.05, 0.1) is 28.2 Å². The van der Waals surface area contributed by atoms with Crippen molar-refractivity contribution >= 4 is 29.1 Å². The van der Waals surface area contributed by atoms with Gasteiger partial charge in [0, 0.05) is 25.9 Å². The smallest absolute Gasteiger partial charge is 0.246 e. The van der Waals surface area contributed by atoms with Crippen molar-refractivity contribution in [2.45, 2.75) is 71.7 Å². The normalized spacial score (nSPS) is 19.6. The Bertz CT molecular complexity index is 1080. The van der Waals surface area contributed by atoms with E-state index in [9.17, 15) is 19.5 Å². The van der Waals surface area contributed by atoms with E-state index in [1.54, 1.807) is 11.3 Å². The number of thiazole rings is 1. The summed E-state index contributed by atoms with van der Waals surface area (Å²) in [5.74, 6) is -1.05. The summed E-state index contributed by atoms with van der Waals surface area (Å²) in [6.45, 7) is 9.60. The van der Waals surface area contributed by atoms with Crippen LogP contribution in [0.15, 0.2) is 29.8 Å². The quantitative estimate of drug-likeness (QED) is 0.425. The van der Waals surface area contributed by atoms with Crippen molar-refractivity contribution in [3.05, 3.63) is 41.0 Å². The van der Waals surface area contributed by atoms with Gasteiger partial charge in [0.2, 0.25) is 17.7 Å². The largest absolute Gasteiger partial charge is 0.391 e. The molecule has 1 saturated heterocycles. The molecule has 36 heavy (non-hydrogen) atoms. The molecule has 9 nitrogen and oxygen atoms in total. The minimum absolute atomic E-state index is 0.0353. The Morgan fingerprint density at radius 3 is 2.44 bits per heavy atom. The fraction of sp³-hybridized carbons (Fsp3) is 0.538. The zero-order chi connectivity index (χ0) is 26.6. The van der Waals surface area contributed by atoms with Crippen LogP contribution in [0, 0.1) is 12.3 Å². The summed E-state index contributed by atoms with van der Waals surface area (Å²) in [4.78, 5) is 45.8. The number of aliphatic hydroxyl groups excluding tert-OH is 1. The fourth-order valence-electron chi connectivity index (χ4n) is 4.38. The third kappa shape index (κ3) is 6.48. The molecule has 196 valence electrons. The molecule has 0 spiro atoms. The molecule has 4 atom stereocenters. The Hall–Kier alpha value is -2.82. The summed E-state index contributed by atoms with van der Waals surface area (Å²) >= 11 is 1.58. The van der Waals surface area contributed by atoms with Crippen LogP contribution in [-0.4, -0.2) is 64.0 Å². The molecule has 1 aromatic heterocycles. The van der Waals surface area contributed by atoms with Crippen LogP contribution in [0.5, 0.6) is 0 Å². The minimum Gasteiger partial charge on any atom is -0.391 e. The van der Waals surface area contributed by atoms with Crippen molar-refractivity contribution in [2.75, 3.05) is 13.1 Å². The number of nitrogens with one attached hydrogen (secondary N) is 2. The van der Waals surface area contributed by atoms with Gasteiger partial charge in [0.1, 0.15) is 12.1 Å². The number of carbonyl (C=O) groups excluding carboxylic acids is 3. The Labute approximate surface area is 216 Å². The highest BCUT2D eigenvalue weighted by molar-refractivity contribution is 7.13. The second-order valence-corrected chi connectivity index (χ2v) is 11.3. The molecule has 0 aliphatic carbocycles. The number of β-amino-alcohol motifs (C(OH)–C–C–N with tert-alkyl or cyclic N) is 1. The standard InChI is InChI=1S/C26H37N5O4S/c1-15(17-6-8-18(9-7-17)22-16(2)28-14-36-22)29-24(34)20-12-19(32)13-31(20)25(35)23(26(3,4)5)30-21(33)10-11-27/h6-9,14-15,19-20,23,32H,10-13,27H2,1-5H3,(H,29,34)(H,30,33)/t15-,19+,20?,23+/m0/s1. The number of hydrogen-bond donors (Lipinski definition) is 4. The van der Waals surface area contributed by atoms with Crippen molar-refractivity contribution in [2.24, 2.45) is 11.1 Å². The van der Waals surface area contributed by atoms with Crippen LogP contribution in [0.3, 0.4) is 0 Å². The van der Waals surface area contributed by atoms with Gasteiger partial charge < -0.3 is 26.4 Å². The molecular formula is C26H37N5O4S. The monoisotopic (exact) mass is 515 g/mol. The summed E-state index contributed by atoms with van der Waals surface area (Å²) in [6.07, 6.45) is -0.574. The number of carbonyl (C=O) groups is 3.